The Bertz CT molecular complexity index is 551. The molecule has 6 heteroatoms. The lowest BCUT2D eigenvalue weighted by Crippen LogP contribution is -2.47. The fourth-order valence-electron chi connectivity index (χ4n) is 2.41. The van der Waals surface area contributed by atoms with Gasteiger partial charge in [0, 0.05) is 6.54 Å². The highest BCUT2D eigenvalue weighted by Gasteiger charge is 2.44. The van der Waals surface area contributed by atoms with Crippen LogP contribution < -0.4 is 14.8 Å². The van der Waals surface area contributed by atoms with Crippen LogP contribution in [0.4, 0.5) is 0 Å². The zero-order valence-corrected chi connectivity index (χ0v) is 12.1. The highest BCUT2D eigenvalue weighted by atomic mass is 16.5. The van der Waals surface area contributed by atoms with Gasteiger partial charge in [0.1, 0.15) is 11.5 Å². The summed E-state index contributed by atoms with van der Waals surface area (Å²) in [5.74, 6) is -0.256. The SMILES string of the molecule is COc1ccc(OC)c(C(=O)NCC2(C(=O)O)CCC2)c1. The maximum Gasteiger partial charge on any atom is 0.311 e. The van der Waals surface area contributed by atoms with E-state index in [1.54, 1.807) is 18.2 Å². The summed E-state index contributed by atoms with van der Waals surface area (Å²) in [5.41, 5.74) is -0.487. The van der Waals surface area contributed by atoms with Crippen LogP contribution in [0.2, 0.25) is 0 Å². The Morgan fingerprint density at radius 2 is 2.00 bits per heavy atom. The number of rotatable bonds is 6. The van der Waals surface area contributed by atoms with E-state index in [-0.39, 0.29) is 12.5 Å². The summed E-state index contributed by atoms with van der Waals surface area (Å²) in [6.07, 6.45) is 2.07. The first-order valence-corrected chi connectivity index (χ1v) is 6.76. The second-order valence-corrected chi connectivity index (χ2v) is 5.19. The minimum Gasteiger partial charge on any atom is -0.497 e. The molecule has 21 heavy (non-hydrogen) atoms. The monoisotopic (exact) mass is 293 g/mol. The quantitative estimate of drug-likeness (QED) is 0.833. The van der Waals surface area contributed by atoms with Gasteiger partial charge in [0.2, 0.25) is 0 Å². The molecule has 6 nitrogen and oxygen atoms in total. The molecule has 1 aliphatic carbocycles. The summed E-state index contributed by atoms with van der Waals surface area (Å²) in [6, 6.07) is 4.91. The molecule has 1 fully saturated rings. The van der Waals surface area contributed by atoms with Gasteiger partial charge in [-0.15, -0.1) is 0 Å². The lowest BCUT2D eigenvalue weighted by atomic mass is 9.69. The van der Waals surface area contributed by atoms with Crippen molar-refractivity contribution in [2.45, 2.75) is 19.3 Å². The summed E-state index contributed by atoms with van der Waals surface area (Å²) < 4.78 is 10.2. The summed E-state index contributed by atoms with van der Waals surface area (Å²) in [5, 5.41) is 11.9. The smallest absolute Gasteiger partial charge is 0.311 e. The van der Waals surface area contributed by atoms with Crippen molar-refractivity contribution in [3.63, 3.8) is 0 Å². The van der Waals surface area contributed by atoms with E-state index in [0.29, 0.717) is 29.9 Å². The van der Waals surface area contributed by atoms with Gasteiger partial charge in [-0.2, -0.15) is 0 Å². The average Bonchev–Trinajstić information content (AvgIpc) is 2.44. The van der Waals surface area contributed by atoms with Crippen LogP contribution in [0.15, 0.2) is 18.2 Å². The average molecular weight is 293 g/mol. The van der Waals surface area contributed by atoms with E-state index in [1.165, 1.54) is 14.2 Å². The highest BCUT2D eigenvalue weighted by Crippen LogP contribution is 2.40. The first-order chi connectivity index (χ1) is 10.0. The topological polar surface area (TPSA) is 84.9 Å². The zero-order valence-electron chi connectivity index (χ0n) is 12.1. The van der Waals surface area contributed by atoms with Gasteiger partial charge < -0.3 is 19.9 Å². The van der Waals surface area contributed by atoms with E-state index in [4.69, 9.17) is 9.47 Å². The number of nitrogens with one attached hydrogen (secondary N) is 1. The van der Waals surface area contributed by atoms with Crippen molar-refractivity contribution >= 4 is 11.9 Å². The summed E-state index contributed by atoms with van der Waals surface area (Å²) in [7, 11) is 2.99. The second-order valence-electron chi connectivity index (χ2n) is 5.19. The number of hydrogen-bond acceptors (Lipinski definition) is 4. The number of carboxylic acids is 1. The van der Waals surface area contributed by atoms with Crippen LogP contribution in [0.5, 0.6) is 11.5 Å². The first kappa shape index (κ1) is 15.2. The van der Waals surface area contributed by atoms with E-state index in [2.05, 4.69) is 5.32 Å². The number of carbonyl (C=O) groups is 2. The maximum absolute atomic E-state index is 12.3. The summed E-state index contributed by atoms with van der Waals surface area (Å²) >= 11 is 0. The van der Waals surface area contributed by atoms with E-state index in [9.17, 15) is 14.7 Å². The maximum atomic E-state index is 12.3. The zero-order chi connectivity index (χ0) is 15.5. The van der Waals surface area contributed by atoms with E-state index < -0.39 is 11.4 Å². The van der Waals surface area contributed by atoms with Crippen molar-refractivity contribution in [2.75, 3.05) is 20.8 Å². The van der Waals surface area contributed by atoms with E-state index >= 15 is 0 Å². The van der Waals surface area contributed by atoms with Gasteiger partial charge in [0.15, 0.2) is 0 Å². The molecule has 2 N–H and O–H groups in total. The Kier molecular flexibility index (Phi) is 4.35. The Morgan fingerprint density at radius 3 is 2.48 bits per heavy atom. The molecule has 1 aromatic rings. The molecule has 1 aliphatic rings. The van der Waals surface area contributed by atoms with Crippen molar-refractivity contribution in [1.82, 2.24) is 5.32 Å². The van der Waals surface area contributed by atoms with Crippen molar-refractivity contribution in [3.8, 4) is 11.5 Å². The molecule has 2 rings (SSSR count). The van der Waals surface area contributed by atoms with Crippen molar-refractivity contribution < 1.29 is 24.2 Å². The molecular weight excluding hydrogens is 274 g/mol. The summed E-state index contributed by atoms with van der Waals surface area (Å²) in [6.45, 7) is 0.127. The minimum atomic E-state index is -0.855. The number of carboxylic acid groups (broad SMARTS) is 1. The largest absolute Gasteiger partial charge is 0.497 e. The predicted molar refractivity (Wildman–Crippen MR) is 75.8 cm³/mol. The molecule has 0 aliphatic heterocycles. The first-order valence-electron chi connectivity index (χ1n) is 6.76. The van der Waals surface area contributed by atoms with Crippen LogP contribution in [0.25, 0.3) is 0 Å². The Balaban J connectivity index is 2.11. The molecule has 0 radical (unpaired) electrons. The second kappa shape index (κ2) is 6.03. The third-order valence-electron chi connectivity index (χ3n) is 4.00. The highest BCUT2D eigenvalue weighted by molar-refractivity contribution is 5.97. The van der Waals surface area contributed by atoms with Gasteiger partial charge in [0.05, 0.1) is 25.2 Å². The number of amides is 1. The van der Waals surface area contributed by atoms with Gasteiger partial charge >= 0.3 is 5.97 Å². The number of aliphatic carboxylic acids is 1. The summed E-state index contributed by atoms with van der Waals surface area (Å²) in [4.78, 5) is 23.5. The third-order valence-corrected chi connectivity index (χ3v) is 4.00. The molecule has 0 unspecified atom stereocenters. The van der Waals surface area contributed by atoms with Crippen LogP contribution in [0, 0.1) is 5.41 Å². The number of ether oxygens (including phenoxy) is 2. The van der Waals surface area contributed by atoms with Crippen molar-refractivity contribution in [1.29, 1.82) is 0 Å². The fraction of sp³-hybridized carbons (Fsp3) is 0.467. The molecule has 114 valence electrons. The number of hydrogen-bond donors (Lipinski definition) is 2. The molecule has 1 aromatic carbocycles. The van der Waals surface area contributed by atoms with Crippen LogP contribution in [0.1, 0.15) is 29.6 Å². The lowest BCUT2D eigenvalue weighted by Gasteiger charge is -2.37. The molecule has 0 bridgehead atoms. The number of carbonyl (C=O) groups excluding carboxylic acids is 1. The number of methoxy groups -OCH3 is 2. The predicted octanol–water partition coefficient (Wildman–Crippen LogP) is 1.69. The van der Waals surface area contributed by atoms with E-state index in [0.717, 1.165) is 6.42 Å². The van der Waals surface area contributed by atoms with Gasteiger partial charge in [-0.05, 0) is 31.0 Å². The molecule has 0 aromatic heterocycles. The fourth-order valence-corrected chi connectivity index (χ4v) is 2.41. The van der Waals surface area contributed by atoms with Crippen LogP contribution in [0.3, 0.4) is 0 Å². The Hall–Kier alpha value is -2.24. The van der Waals surface area contributed by atoms with Crippen LogP contribution in [-0.2, 0) is 4.79 Å². The Morgan fingerprint density at radius 1 is 1.29 bits per heavy atom. The molecule has 0 spiro atoms. The molecule has 1 amide bonds. The molecule has 0 saturated heterocycles. The van der Waals surface area contributed by atoms with Gasteiger partial charge in [-0.3, -0.25) is 9.59 Å². The normalized spacial score (nSPS) is 15.7. The minimum absolute atomic E-state index is 0.127. The Labute approximate surface area is 123 Å². The van der Waals surface area contributed by atoms with Gasteiger partial charge in [0.25, 0.3) is 5.91 Å². The van der Waals surface area contributed by atoms with Crippen molar-refractivity contribution in [2.24, 2.45) is 5.41 Å². The third kappa shape index (κ3) is 2.94. The lowest BCUT2D eigenvalue weighted by molar-refractivity contribution is -0.153. The number of benzene rings is 1. The van der Waals surface area contributed by atoms with Crippen LogP contribution >= 0.6 is 0 Å². The van der Waals surface area contributed by atoms with Crippen LogP contribution in [-0.4, -0.2) is 37.7 Å². The van der Waals surface area contributed by atoms with E-state index in [1.807, 2.05) is 0 Å². The molecule has 1 saturated carbocycles. The molecule has 0 heterocycles. The molecular formula is C15H19NO5. The molecule has 0 atom stereocenters. The van der Waals surface area contributed by atoms with Gasteiger partial charge in [-0.25, -0.2) is 0 Å². The standard InChI is InChI=1S/C15H19NO5/c1-20-10-4-5-12(21-2)11(8-10)13(17)16-9-15(14(18)19)6-3-7-15/h4-5,8H,3,6-7,9H2,1-2H3,(H,16,17)(H,18,19). The van der Waals surface area contributed by atoms with Crippen molar-refractivity contribution in [3.05, 3.63) is 23.8 Å². The van der Waals surface area contributed by atoms with Gasteiger partial charge in [-0.1, -0.05) is 6.42 Å².